The van der Waals surface area contributed by atoms with E-state index in [1.54, 1.807) is 28.7 Å². The van der Waals surface area contributed by atoms with Gasteiger partial charge in [0.15, 0.2) is 5.13 Å². The molecule has 162 valence electrons. The zero-order valence-corrected chi connectivity index (χ0v) is 18.6. The molecular formula is C22H23ClN4O3S. The lowest BCUT2D eigenvalue weighted by Crippen LogP contribution is -2.37. The standard InChI is InChI=1S/C22H23ClN4O3S/c1-14-4-5-15(23)11-18(14)25-22-26-19(13-31-22)21(29)27(16-6-7-16)9-8-20(28)24-12-17-3-2-10-30-17/h2-5,10-11,13,16H,6-9,12H2,1H3,(H,24,28)(H,25,26). The third kappa shape index (κ3) is 5.65. The maximum absolute atomic E-state index is 13.0. The van der Waals surface area contributed by atoms with Gasteiger partial charge >= 0.3 is 0 Å². The third-order valence-electron chi connectivity index (χ3n) is 5.03. The Kier molecular flexibility index (Phi) is 6.58. The van der Waals surface area contributed by atoms with Gasteiger partial charge in [-0.15, -0.1) is 11.3 Å². The highest BCUT2D eigenvalue weighted by Gasteiger charge is 2.34. The summed E-state index contributed by atoms with van der Waals surface area (Å²) in [5, 5.41) is 9.05. The van der Waals surface area contributed by atoms with Crippen molar-refractivity contribution in [3.05, 3.63) is 64.0 Å². The molecule has 0 radical (unpaired) electrons. The molecule has 3 aromatic rings. The van der Waals surface area contributed by atoms with Crippen molar-refractivity contribution >= 4 is 45.6 Å². The molecule has 0 saturated heterocycles. The van der Waals surface area contributed by atoms with Crippen LogP contribution in [0, 0.1) is 6.92 Å². The van der Waals surface area contributed by atoms with Crippen LogP contribution < -0.4 is 10.6 Å². The molecule has 2 heterocycles. The van der Waals surface area contributed by atoms with E-state index in [0.717, 1.165) is 24.1 Å². The van der Waals surface area contributed by atoms with Gasteiger partial charge in [0, 0.05) is 35.1 Å². The smallest absolute Gasteiger partial charge is 0.273 e. The zero-order chi connectivity index (χ0) is 21.8. The molecule has 1 saturated carbocycles. The Balaban J connectivity index is 1.35. The minimum atomic E-state index is -0.145. The molecule has 2 aromatic heterocycles. The summed E-state index contributed by atoms with van der Waals surface area (Å²) < 4.78 is 5.21. The molecule has 0 aliphatic heterocycles. The number of furan rings is 1. The summed E-state index contributed by atoms with van der Waals surface area (Å²) in [6.07, 6.45) is 3.72. The Bertz CT molecular complexity index is 1060. The van der Waals surface area contributed by atoms with Crippen molar-refractivity contribution < 1.29 is 14.0 Å². The first kappa shape index (κ1) is 21.4. The van der Waals surface area contributed by atoms with Crippen molar-refractivity contribution in [2.45, 2.75) is 38.8 Å². The number of halogens is 1. The maximum Gasteiger partial charge on any atom is 0.273 e. The van der Waals surface area contributed by atoms with Crippen LogP contribution in [0.3, 0.4) is 0 Å². The third-order valence-corrected chi connectivity index (χ3v) is 6.03. The van der Waals surface area contributed by atoms with Crippen LogP contribution in [0.2, 0.25) is 5.02 Å². The summed E-state index contributed by atoms with van der Waals surface area (Å²) in [4.78, 5) is 31.5. The monoisotopic (exact) mass is 458 g/mol. The van der Waals surface area contributed by atoms with Crippen molar-refractivity contribution in [2.24, 2.45) is 0 Å². The average molecular weight is 459 g/mol. The Labute approximate surface area is 189 Å². The second kappa shape index (κ2) is 9.53. The molecule has 1 aliphatic rings. The van der Waals surface area contributed by atoms with Gasteiger partial charge in [0.1, 0.15) is 11.5 Å². The van der Waals surface area contributed by atoms with E-state index in [0.29, 0.717) is 34.7 Å². The molecule has 7 nitrogen and oxygen atoms in total. The molecule has 0 atom stereocenters. The Morgan fingerprint density at radius 1 is 1.32 bits per heavy atom. The summed E-state index contributed by atoms with van der Waals surface area (Å²) in [6.45, 7) is 2.68. The number of amides is 2. The van der Waals surface area contributed by atoms with E-state index in [9.17, 15) is 9.59 Å². The van der Waals surface area contributed by atoms with E-state index in [1.165, 1.54) is 11.3 Å². The van der Waals surface area contributed by atoms with Crippen LogP contribution in [-0.4, -0.2) is 34.3 Å². The number of nitrogens with one attached hydrogen (secondary N) is 2. The molecule has 2 amide bonds. The predicted molar refractivity (Wildman–Crippen MR) is 121 cm³/mol. The lowest BCUT2D eigenvalue weighted by atomic mass is 10.2. The quantitative estimate of drug-likeness (QED) is 0.483. The number of nitrogens with zero attached hydrogens (tertiary/aromatic N) is 2. The largest absolute Gasteiger partial charge is 0.467 e. The van der Waals surface area contributed by atoms with Gasteiger partial charge in [-0.05, 0) is 49.6 Å². The van der Waals surface area contributed by atoms with E-state index >= 15 is 0 Å². The van der Waals surface area contributed by atoms with Crippen LogP contribution in [0.4, 0.5) is 10.8 Å². The second-order valence-corrected chi connectivity index (χ2v) is 8.75. The highest BCUT2D eigenvalue weighted by Crippen LogP contribution is 2.30. The second-order valence-electron chi connectivity index (χ2n) is 7.46. The fraction of sp³-hybridized carbons (Fsp3) is 0.318. The predicted octanol–water partition coefficient (Wildman–Crippen LogP) is 4.75. The summed E-state index contributed by atoms with van der Waals surface area (Å²) >= 11 is 7.44. The fourth-order valence-electron chi connectivity index (χ4n) is 3.17. The van der Waals surface area contributed by atoms with E-state index in [-0.39, 0.29) is 24.3 Å². The lowest BCUT2D eigenvalue weighted by molar-refractivity contribution is -0.121. The van der Waals surface area contributed by atoms with Crippen LogP contribution >= 0.6 is 22.9 Å². The Morgan fingerprint density at radius 3 is 2.90 bits per heavy atom. The van der Waals surface area contributed by atoms with E-state index in [2.05, 4.69) is 15.6 Å². The van der Waals surface area contributed by atoms with Crippen LogP contribution in [-0.2, 0) is 11.3 Å². The minimum absolute atomic E-state index is 0.119. The highest BCUT2D eigenvalue weighted by atomic mass is 35.5. The number of anilines is 2. The first-order chi connectivity index (χ1) is 15.0. The number of carbonyl (C=O) groups is 2. The zero-order valence-electron chi connectivity index (χ0n) is 17.1. The Hall–Kier alpha value is -2.84. The topological polar surface area (TPSA) is 87.5 Å². The number of carbonyl (C=O) groups excluding carboxylic acids is 2. The number of aromatic nitrogens is 1. The first-order valence-electron chi connectivity index (χ1n) is 10.1. The number of rotatable bonds is 9. The molecule has 0 bridgehead atoms. The molecule has 1 aliphatic carbocycles. The molecule has 9 heteroatoms. The van der Waals surface area contributed by atoms with Crippen molar-refractivity contribution in [1.29, 1.82) is 0 Å². The average Bonchev–Trinajstić information content (AvgIpc) is 3.25. The van der Waals surface area contributed by atoms with Crippen LogP contribution in [0.15, 0.2) is 46.4 Å². The summed E-state index contributed by atoms with van der Waals surface area (Å²) in [7, 11) is 0. The maximum atomic E-state index is 13.0. The van der Waals surface area contributed by atoms with Crippen molar-refractivity contribution in [3.8, 4) is 0 Å². The molecule has 31 heavy (non-hydrogen) atoms. The Morgan fingerprint density at radius 2 is 2.16 bits per heavy atom. The fourth-order valence-corrected chi connectivity index (χ4v) is 4.03. The molecular weight excluding hydrogens is 436 g/mol. The normalized spacial score (nSPS) is 13.1. The number of hydrogen-bond acceptors (Lipinski definition) is 6. The number of aryl methyl sites for hydroxylation is 1. The molecule has 4 rings (SSSR count). The highest BCUT2D eigenvalue weighted by molar-refractivity contribution is 7.14. The van der Waals surface area contributed by atoms with Gasteiger partial charge < -0.3 is 20.0 Å². The molecule has 0 spiro atoms. The van der Waals surface area contributed by atoms with Crippen LogP contribution in [0.25, 0.3) is 0 Å². The van der Waals surface area contributed by atoms with Gasteiger partial charge in [0.2, 0.25) is 5.91 Å². The van der Waals surface area contributed by atoms with Crippen molar-refractivity contribution in [3.63, 3.8) is 0 Å². The van der Waals surface area contributed by atoms with Gasteiger partial charge in [-0.3, -0.25) is 9.59 Å². The van der Waals surface area contributed by atoms with E-state index in [1.807, 2.05) is 25.1 Å². The van der Waals surface area contributed by atoms with Gasteiger partial charge in [0.05, 0.1) is 12.8 Å². The van der Waals surface area contributed by atoms with E-state index in [4.69, 9.17) is 16.0 Å². The number of hydrogen-bond donors (Lipinski definition) is 2. The van der Waals surface area contributed by atoms with Crippen LogP contribution in [0.5, 0.6) is 0 Å². The lowest BCUT2D eigenvalue weighted by Gasteiger charge is -2.21. The minimum Gasteiger partial charge on any atom is -0.467 e. The summed E-state index contributed by atoms with van der Waals surface area (Å²) in [6, 6.07) is 9.35. The summed E-state index contributed by atoms with van der Waals surface area (Å²) in [5.41, 5.74) is 2.27. The first-order valence-corrected chi connectivity index (χ1v) is 11.3. The van der Waals surface area contributed by atoms with Crippen molar-refractivity contribution in [1.82, 2.24) is 15.2 Å². The number of benzene rings is 1. The molecule has 2 N–H and O–H groups in total. The summed E-state index contributed by atoms with van der Waals surface area (Å²) in [5.74, 6) is 0.432. The number of thiazole rings is 1. The molecule has 1 aromatic carbocycles. The van der Waals surface area contributed by atoms with Crippen molar-refractivity contribution in [2.75, 3.05) is 11.9 Å². The van der Waals surface area contributed by atoms with Crippen LogP contribution in [0.1, 0.15) is 41.1 Å². The van der Waals surface area contributed by atoms with Gasteiger partial charge in [-0.25, -0.2) is 4.98 Å². The van der Waals surface area contributed by atoms with Gasteiger partial charge in [0.25, 0.3) is 5.91 Å². The molecule has 0 unspecified atom stereocenters. The van der Waals surface area contributed by atoms with E-state index < -0.39 is 0 Å². The SMILES string of the molecule is Cc1ccc(Cl)cc1Nc1nc(C(=O)N(CCC(=O)NCc2ccco2)C2CC2)cs1. The molecule has 1 fully saturated rings. The van der Waals surface area contributed by atoms with Gasteiger partial charge in [-0.1, -0.05) is 17.7 Å². The van der Waals surface area contributed by atoms with Gasteiger partial charge in [-0.2, -0.15) is 0 Å².